The van der Waals surface area contributed by atoms with Crippen molar-refractivity contribution in [2.24, 2.45) is 5.92 Å². The highest BCUT2D eigenvalue weighted by molar-refractivity contribution is 5.75. The Hall–Kier alpha value is -1.51. The third kappa shape index (κ3) is 1.49. The van der Waals surface area contributed by atoms with Crippen molar-refractivity contribution in [1.29, 1.82) is 0 Å². The molecule has 0 spiro atoms. The van der Waals surface area contributed by atoms with E-state index in [1.807, 2.05) is 0 Å². The third-order valence-corrected chi connectivity index (χ3v) is 2.43. The first-order valence-corrected chi connectivity index (χ1v) is 4.20. The molecule has 1 aliphatic rings. The number of carboxylic acids is 1. The van der Waals surface area contributed by atoms with Gasteiger partial charge >= 0.3 is 5.97 Å². The van der Waals surface area contributed by atoms with Gasteiger partial charge in [-0.15, -0.1) is 0 Å². The van der Waals surface area contributed by atoms with Gasteiger partial charge in [-0.05, 0) is 30.0 Å². The zero-order valence-corrected chi connectivity index (χ0v) is 6.97. The van der Waals surface area contributed by atoms with E-state index in [-0.39, 0.29) is 17.6 Å². The first kappa shape index (κ1) is 8.10. The number of rotatable bonds is 2. The largest absolute Gasteiger partial charge is 0.508 e. The summed E-state index contributed by atoms with van der Waals surface area (Å²) in [5, 5.41) is 17.7. The van der Waals surface area contributed by atoms with E-state index in [2.05, 4.69) is 0 Å². The van der Waals surface area contributed by atoms with Crippen LogP contribution in [0.1, 0.15) is 17.9 Å². The van der Waals surface area contributed by atoms with Crippen LogP contribution in [0.2, 0.25) is 0 Å². The summed E-state index contributed by atoms with van der Waals surface area (Å²) in [5.41, 5.74) is 1.00. The molecule has 2 N–H and O–H groups in total. The fourth-order valence-corrected chi connectivity index (χ4v) is 1.56. The lowest BCUT2D eigenvalue weighted by Gasteiger charge is -1.97. The minimum absolute atomic E-state index is 0.151. The van der Waals surface area contributed by atoms with E-state index in [1.165, 1.54) is 0 Å². The van der Waals surface area contributed by atoms with Crippen LogP contribution in [0.25, 0.3) is 0 Å². The Balaban J connectivity index is 2.12. The van der Waals surface area contributed by atoms with Gasteiger partial charge in [-0.2, -0.15) is 0 Å². The lowest BCUT2D eigenvalue weighted by atomic mass is 10.1. The zero-order valence-electron chi connectivity index (χ0n) is 6.97. The van der Waals surface area contributed by atoms with Crippen LogP contribution in [-0.4, -0.2) is 16.2 Å². The lowest BCUT2D eigenvalue weighted by Crippen LogP contribution is -1.98. The maximum absolute atomic E-state index is 10.6. The van der Waals surface area contributed by atoms with Crippen molar-refractivity contribution in [2.45, 2.75) is 12.3 Å². The molecule has 1 saturated carbocycles. The number of hydrogen-bond donors (Lipinski definition) is 2. The van der Waals surface area contributed by atoms with Crippen molar-refractivity contribution < 1.29 is 15.0 Å². The highest BCUT2D eigenvalue weighted by Gasteiger charge is 2.43. The van der Waals surface area contributed by atoms with E-state index in [4.69, 9.17) is 10.2 Å². The van der Waals surface area contributed by atoms with Gasteiger partial charge in [-0.3, -0.25) is 4.79 Å². The second-order valence-corrected chi connectivity index (χ2v) is 3.38. The van der Waals surface area contributed by atoms with Gasteiger partial charge in [0, 0.05) is 0 Å². The van der Waals surface area contributed by atoms with Crippen LogP contribution < -0.4 is 0 Å². The molecule has 0 bridgehead atoms. The zero-order chi connectivity index (χ0) is 9.42. The smallest absolute Gasteiger partial charge is 0.307 e. The Morgan fingerprint density at radius 1 is 1.31 bits per heavy atom. The normalized spacial score (nSPS) is 25.5. The van der Waals surface area contributed by atoms with E-state index < -0.39 is 5.97 Å². The van der Waals surface area contributed by atoms with Crippen molar-refractivity contribution in [2.75, 3.05) is 0 Å². The Bertz CT molecular complexity index is 329. The number of hydrogen-bond acceptors (Lipinski definition) is 2. The number of carbonyl (C=O) groups is 1. The predicted octanol–water partition coefficient (Wildman–Crippen LogP) is 1.58. The van der Waals surface area contributed by atoms with Crippen LogP contribution in [0, 0.1) is 5.92 Å². The van der Waals surface area contributed by atoms with Crippen molar-refractivity contribution in [3.63, 3.8) is 0 Å². The molecule has 1 fully saturated rings. The molecule has 1 unspecified atom stereocenters. The van der Waals surface area contributed by atoms with Crippen molar-refractivity contribution in [3.05, 3.63) is 29.8 Å². The van der Waals surface area contributed by atoms with Crippen molar-refractivity contribution >= 4 is 5.97 Å². The summed E-state index contributed by atoms with van der Waals surface area (Å²) in [6.45, 7) is 0. The average molecular weight is 178 g/mol. The van der Waals surface area contributed by atoms with E-state index in [1.54, 1.807) is 24.3 Å². The number of carboxylic acid groups (broad SMARTS) is 1. The maximum Gasteiger partial charge on any atom is 0.307 e. The molecule has 3 heteroatoms. The quantitative estimate of drug-likeness (QED) is 0.722. The molecule has 3 nitrogen and oxygen atoms in total. The van der Waals surface area contributed by atoms with Crippen LogP contribution in [0.3, 0.4) is 0 Å². The predicted molar refractivity (Wildman–Crippen MR) is 46.6 cm³/mol. The molecule has 1 aromatic rings. The van der Waals surface area contributed by atoms with Gasteiger partial charge < -0.3 is 10.2 Å². The highest BCUT2D eigenvalue weighted by atomic mass is 16.4. The van der Waals surface area contributed by atoms with E-state index in [0.717, 1.165) is 12.0 Å². The second-order valence-electron chi connectivity index (χ2n) is 3.38. The van der Waals surface area contributed by atoms with Gasteiger partial charge in [0.25, 0.3) is 0 Å². The van der Waals surface area contributed by atoms with Crippen LogP contribution in [0.15, 0.2) is 24.3 Å². The molecule has 0 aliphatic heterocycles. The lowest BCUT2D eigenvalue weighted by molar-refractivity contribution is -0.138. The van der Waals surface area contributed by atoms with Gasteiger partial charge in [0.2, 0.25) is 0 Å². The summed E-state index contributed by atoms with van der Waals surface area (Å²) in [6, 6.07) is 6.74. The highest BCUT2D eigenvalue weighted by Crippen LogP contribution is 2.47. The van der Waals surface area contributed by atoms with Crippen molar-refractivity contribution in [1.82, 2.24) is 0 Å². The molecule has 0 amide bonds. The molecular weight excluding hydrogens is 168 g/mol. The van der Waals surface area contributed by atoms with Crippen LogP contribution in [-0.2, 0) is 4.79 Å². The number of aliphatic carboxylic acids is 1. The molecule has 1 aliphatic carbocycles. The molecule has 0 heterocycles. The molecule has 13 heavy (non-hydrogen) atoms. The Labute approximate surface area is 75.6 Å². The molecule has 68 valence electrons. The number of benzene rings is 1. The minimum Gasteiger partial charge on any atom is -0.508 e. The summed E-state index contributed by atoms with van der Waals surface area (Å²) in [5.74, 6) is -0.572. The van der Waals surface area contributed by atoms with Crippen LogP contribution in [0.5, 0.6) is 5.75 Å². The SMILES string of the molecule is O=C(O)[C@@H]1CC1c1ccc(O)cc1. The Kier molecular flexibility index (Phi) is 1.72. The van der Waals surface area contributed by atoms with Crippen LogP contribution >= 0.6 is 0 Å². The monoisotopic (exact) mass is 178 g/mol. The van der Waals surface area contributed by atoms with Gasteiger partial charge in [0.05, 0.1) is 5.92 Å². The molecule has 2 rings (SSSR count). The Morgan fingerprint density at radius 2 is 1.92 bits per heavy atom. The van der Waals surface area contributed by atoms with Gasteiger partial charge in [-0.25, -0.2) is 0 Å². The standard InChI is InChI=1S/C10H10O3/c11-7-3-1-6(2-4-7)8-5-9(8)10(12)13/h1-4,8-9,11H,5H2,(H,12,13)/t8?,9-/m1/s1. The fraction of sp³-hybridized carbons (Fsp3) is 0.300. The number of aromatic hydroxyl groups is 1. The first-order valence-electron chi connectivity index (χ1n) is 4.20. The van der Waals surface area contributed by atoms with E-state index in [9.17, 15) is 4.79 Å². The first-order chi connectivity index (χ1) is 6.18. The average Bonchev–Trinajstić information content (AvgIpc) is 2.85. The summed E-state index contributed by atoms with van der Waals surface area (Å²) in [7, 11) is 0. The van der Waals surface area contributed by atoms with E-state index >= 15 is 0 Å². The van der Waals surface area contributed by atoms with Gasteiger partial charge in [-0.1, -0.05) is 12.1 Å². The summed E-state index contributed by atoms with van der Waals surface area (Å²) >= 11 is 0. The molecule has 0 saturated heterocycles. The maximum atomic E-state index is 10.6. The minimum atomic E-state index is -0.724. The van der Waals surface area contributed by atoms with Gasteiger partial charge in [0.15, 0.2) is 0 Å². The molecule has 0 radical (unpaired) electrons. The second kappa shape index (κ2) is 2.76. The van der Waals surface area contributed by atoms with E-state index in [0.29, 0.717) is 0 Å². The fourth-order valence-electron chi connectivity index (χ4n) is 1.56. The molecule has 1 aromatic carbocycles. The third-order valence-electron chi connectivity index (χ3n) is 2.43. The molecular formula is C10H10O3. The molecule has 2 atom stereocenters. The number of phenolic OH excluding ortho intramolecular Hbond substituents is 1. The molecule has 0 aromatic heterocycles. The summed E-state index contributed by atoms with van der Waals surface area (Å²) in [4.78, 5) is 10.6. The Morgan fingerprint density at radius 3 is 2.38 bits per heavy atom. The summed E-state index contributed by atoms with van der Waals surface area (Å²) < 4.78 is 0. The van der Waals surface area contributed by atoms with Crippen molar-refractivity contribution in [3.8, 4) is 5.75 Å². The van der Waals surface area contributed by atoms with Crippen LogP contribution in [0.4, 0.5) is 0 Å². The van der Waals surface area contributed by atoms with Gasteiger partial charge in [0.1, 0.15) is 5.75 Å². The topological polar surface area (TPSA) is 57.5 Å². The number of phenols is 1. The summed E-state index contributed by atoms with van der Waals surface area (Å²) in [6.07, 6.45) is 0.722.